The maximum atomic E-state index is 12.0. The Morgan fingerprint density at radius 2 is 1.72 bits per heavy atom. The third-order valence-corrected chi connectivity index (χ3v) is 3.15. The van der Waals surface area contributed by atoms with Crippen LogP contribution in [0, 0.1) is 13.8 Å². The third-order valence-electron chi connectivity index (χ3n) is 3.15. The van der Waals surface area contributed by atoms with Crippen molar-refractivity contribution in [3.8, 4) is 0 Å². The Morgan fingerprint density at radius 1 is 1.06 bits per heavy atom. The summed E-state index contributed by atoms with van der Waals surface area (Å²) in [5, 5.41) is 1.84. The van der Waals surface area contributed by atoms with E-state index in [1.165, 1.54) is 0 Å². The first kappa shape index (κ1) is 11.1. The topological polar surface area (TPSA) is 43.4 Å². The number of aryl methyl sites for hydroxylation is 2. The molecule has 2 aromatic heterocycles. The van der Waals surface area contributed by atoms with Crippen LogP contribution < -0.4 is 0 Å². The minimum Gasteiger partial charge on any atom is -0.461 e. The van der Waals surface area contributed by atoms with Crippen molar-refractivity contribution < 1.29 is 13.6 Å². The van der Waals surface area contributed by atoms with Gasteiger partial charge < -0.3 is 8.83 Å². The fourth-order valence-electron chi connectivity index (χ4n) is 2.35. The van der Waals surface area contributed by atoms with Gasteiger partial charge in [-0.05, 0) is 32.0 Å². The molecule has 2 heterocycles. The zero-order valence-corrected chi connectivity index (χ0v) is 10.7. The van der Waals surface area contributed by atoms with Crippen LogP contribution in [0.2, 0.25) is 0 Å². The first-order chi connectivity index (χ1) is 8.60. The van der Waals surface area contributed by atoms with E-state index in [-0.39, 0.29) is 5.78 Å². The number of carbonyl (C=O) groups is 1. The highest BCUT2D eigenvalue weighted by Crippen LogP contribution is 2.33. The molecule has 0 spiro atoms. The van der Waals surface area contributed by atoms with Crippen LogP contribution in [-0.2, 0) is 0 Å². The van der Waals surface area contributed by atoms with Crippen LogP contribution in [0.4, 0.5) is 0 Å². The molecule has 3 nitrogen and oxygen atoms in total. The summed E-state index contributed by atoms with van der Waals surface area (Å²) in [4.78, 5) is 12.0. The van der Waals surface area contributed by atoms with Crippen LogP contribution >= 0.6 is 0 Å². The molecule has 1 aromatic carbocycles. The van der Waals surface area contributed by atoms with Gasteiger partial charge in [0.15, 0.2) is 5.78 Å². The van der Waals surface area contributed by atoms with Gasteiger partial charge in [-0.25, -0.2) is 0 Å². The predicted octanol–water partition coefficient (Wildman–Crippen LogP) is 4.39. The van der Waals surface area contributed by atoms with E-state index in [4.69, 9.17) is 8.83 Å². The van der Waals surface area contributed by atoms with Gasteiger partial charge in [0.2, 0.25) is 0 Å². The van der Waals surface area contributed by atoms with Crippen LogP contribution in [0.3, 0.4) is 0 Å². The average Bonchev–Trinajstić information content (AvgIpc) is 2.88. The summed E-state index contributed by atoms with van der Waals surface area (Å²) < 4.78 is 11.4. The molecule has 3 rings (SSSR count). The second-order valence-corrected chi connectivity index (χ2v) is 4.58. The lowest BCUT2D eigenvalue weighted by Gasteiger charge is -2.00. The maximum absolute atomic E-state index is 12.0. The summed E-state index contributed by atoms with van der Waals surface area (Å²) in [6.45, 7) is 5.64. The van der Waals surface area contributed by atoms with E-state index in [1.807, 2.05) is 39.0 Å². The summed E-state index contributed by atoms with van der Waals surface area (Å²) in [7, 11) is 0. The van der Waals surface area contributed by atoms with Crippen molar-refractivity contribution in [1.82, 2.24) is 0 Å². The fraction of sp³-hybridized carbons (Fsp3) is 0.267. The van der Waals surface area contributed by atoms with Gasteiger partial charge >= 0.3 is 0 Å². The lowest BCUT2D eigenvalue weighted by atomic mass is 10.0. The van der Waals surface area contributed by atoms with Gasteiger partial charge in [0.05, 0.1) is 10.9 Å². The Morgan fingerprint density at radius 3 is 2.44 bits per heavy atom. The standard InChI is InChI=1S/C15H14O3/c1-4-13(16)11-7-10-5-8(2)17-14(10)12-6-9(3)18-15(11)12/h5-7H,4H2,1-3H3. The molecule has 0 N–H and O–H groups in total. The Kier molecular flexibility index (Phi) is 2.30. The maximum Gasteiger partial charge on any atom is 0.166 e. The summed E-state index contributed by atoms with van der Waals surface area (Å²) in [6, 6.07) is 5.74. The smallest absolute Gasteiger partial charge is 0.166 e. The van der Waals surface area contributed by atoms with Gasteiger partial charge in [-0.1, -0.05) is 6.92 Å². The third kappa shape index (κ3) is 1.47. The second kappa shape index (κ2) is 3.73. The van der Waals surface area contributed by atoms with Gasteiger partial charge in [-0.2, -0.15) is 0 Å². The number of carbonyl (C=O) groups excluding carboxylic acids is 1. The van der Waals surface area contributed by atoms with Crippen molar-refractivity contribution in [2.45, 2.75) is 27.2 Å². The van der Waals surface area contributed by atoms with Crippen LogP contribution in [0.15, 0.2) is 27.0 Å². The highest BCUT2D eigenvalue weighted by Gasteiger charge is 2.17. The monoisotopic (exact) mass is 242 g/mol. The number of Topliss-reactive ketones (excluding diaryl/α,β-unsaturated/α-hetero) is 1. The molecule has 0 atom stereocenters. The quantitative estimate of drug-likeness (QED) is 0.626. The van der Waals surface area contributed by atoms with Crippen LogP contribution in [0.25, 0.3) is 21.9 Å². The molecule has 18 heavy (non-hydrogen) atoms. The van der Waals surface area contributed by atoms with Crippen molar-refractivity contribution >= 4 is 27.7 Å². The fourth-order valence-corrected chi connectivity index (χ4v) is 2.35. The molecule has 0 aliphatic heterocycles. The lowest BCUT2D eigenvalue weighted by molar-refractivity contribution is 0.0989. The number of benzene rings is 1. The van der Waals surface area contributed by atoms with E-state index in [1.54, 1.807) is 0 Å². The first-order valence-corrected chi connectivity index (χ1v) is 6.06. The number of fused-ring (bicyclic) bond motifs is 3. The number of furan rings is 2. The van der Waals surface area contributed by atoms with Gasteiger partial charge in [0.25, 0.3) is 0 Å². The molecule has 0 saturated heterocycles. The number of rotatable bonds is 2. The van der Waals surface area contributed by atoms with Crippen LogP contribution in [0.1, 0.15) is 35.2 Å². The summed E-state index contributed by atoms with van der Waals surface area (Å²) in [5.74, 6) is 1.72. The molecule has 0 radical (unpaired) electrons. The molecule has 3 aromatic rings. The molecule has 0 amide bonds. The minimum atomic E-state index is 0.0927. The van der Waals surface area contributed by atoms with E-state index in [0.29, 0.717) is 17.6 Å². The average molecular weight is 242 g/mol. The van der Waals surface area contributed by atoms with Crippen molar-refractivity contribution in [1.29, 1.82) is 0 Å². The molecule has 0 unspecified atom stereocenters. The minimum absolute atomic E-state index is 0.0927. The van der Waals surface area contributed by atoms with Crippen molar-refractivity contribution in [2.24, 2.45) is 0 Å². The zero-order chi connectivity index (χ0) is 12.9. The Labute approximate surface area is 104 Å². The largest absolute Gasteiger partial charge is 0.461 e. The first-order valence-electron chi connectivity index (χ1n) is 6.06. The number of hydrogen-bond donors (Lipinski definition) is 0. The molecule has 3 heteroatoms. The van der Waals surface area contributed by atoms with E-state index in [0.717, 1.165) is 27.9 Å². The van der Waals surface area contributed by atoms with Gasteiger partial charge in [-0.3, -0.25) is 4.79 Å². The van der Waals surface area contributed by atoms with Gasteiger partial charge in [-0.15, -0.1) is 0 Å². The normalized spacial score (nSPS) is 11.5. The Hall–Kier alpha value is -2.03. The van der Waals surface area contributed by atoms with Crippen molar-refractivity contribution in [3.05, 3.63) is 35.3 Å². The number of hydrogen-bond acceptors (Lipinski definition) is 3. The summed E-state index contributed by atoms with van der Waals surface area (Å²) in [5.41, 5.74) is 2.09. The highest BCUT2D eigenvalue weighted by molar-refractivity contribution is 6.14. The second-order valence-electron chi connectivity index (χ2n) is 4.58. The molecule has 0 bridgehead atoms. The Balaban J connectivity index is 2.49. The summed E-state index contributed by atoms with van der Waals surface area (Å²) in [6.07, 6.45) is 0.469. The predicted molar refractivity (Wildman–Crippen MR) is 70.1 cm³/mol. The van der Waals surface area contributed by atoms with Crippen molar-refractivity contribution in [3.63, 3.8) is 0 Å². The van der Waals surface area contributed by atoms with E-state index < -0.39 is 0 Å². The van der Waals surface area contributed by atoms with Crippen LogP contribution in [-0.4, -0.2) is 5.78 Å². The molecule has 0 saturated carbocycles. The summed E-state index contributed by atoms with van der Waals surface area (Å²) >= 11 is 0. The zero-order valence-electron chi connectivity index (χ0n) is 10.7. The Bertz CT molecular complexity index is 759. The van der Waals surface area contributed by atoms with Gasteiger partial charge in [0, 0.05) is 11.8 Å². The van der Waals surface area contributed by atoms with Crippen molar-refractivity contribution in [2.75, 3.05) is 0 Å². The molecular weight excluding hydrogens is 228 g/mol. The molecule has 92 valence electrons. The van der Waals surface area contributed by atoms with E-state index >= 15 is 0 Å². The van der Waals surface area contributed by atoms with Gasteiger partial charge in [0.1, 0.15) is 22.7 Å². The highest BCUT2D eigenvalue weighted by atomic mass is 16.3. The molecule has 0 aliphatic carbocycles. The number of ketones is 1. The molecular formula is C15H14O3. The van der Waals surface area contributed by atoms with E-state index in [2.05, 4.69) is 0 Å². The lowest BCUT2D eigenvalue weighted by Crippen LogP contribution is -1.96. The van der Waals surface area contributed by atoms with Crippen LogP contribution in [0.5, 0.6) is 0 Å². The SMILES string of the molecule is CCC(=O)c1cc2cc(C)oc2c2cc(C)oc12. The van der Waals surface area contributed by atoms with E-state index in [9.17, 15) is 4.79 Å². The molecule has 0 aliphatic rings. The molecule has 0 fully saturated rings.